The molecule has 0 saturated carbocycles. The predicted molar refractivity (Wildman–Crippen MR) is 144 cm³/mol. The number of hydrogen-bond acceptors (Lipinski definition) is 2. The molecule has 0 saturated heterocycles. The fraction of sp³-hybridized carbons (Fsp3) is 0.0667. The molecule has 0 amide bonds. The number of aryl methyl sites for hydroxylation is 2. The van der Waals surface area contributed by atoms with E-state index in [4.69, 9.17) is 0 Å². The van der Waals surface area contributed by atoms with Crippen LogP contribution in [0.1, 0.15) is 33.4 Å². The molecule has 4 aromatic rings. The lowest BCUT2D eigenvalue weighted by molar-refractivity contribution is 1.29. The van der Waals surface area contributed by atoms with Crippen LogP contribution < -0.4 is 0 Å². The van der Waals surface area contributed by atoms with E-state index in [1.54, 1.807) is 0 Å². The van der Waals surface area contributed by atoms with Gasteiger partial charge in [-0.05, 0) is 82.6 Å². The quantitative estimate of drug-likeness (QED) is 0.225. The van der Waals surface area contributed by atoms with Crippen molar-refractivity contribution in [2.24, 2.45) is 0 Å². The van der Waals surface area contributed by atoms with Gasteiger partial charge in [-0.25, -0.2) is 0 Å². The zero-order valence-corrected chi connectivity index (χ0v) is 19.8. The van der Waals surface area contributed by atoms with Gasteiger partial charge in [0.2, 0.25) is 0 Å². The SMILES string of the molecule is Cc1cc2c(cc1C=Cc1ccccc1)-c1cc(C=Cc3ccccc3)c(C)cc1SS2. The summed E-state index contributed by atoms with van der Waals surface area (Å²) in [7, 11) is 3.74. The molecule has 0 aliphatic carbocycles. The Kier molecular flexibility index (Phi) is 6.07. The van der Waals surface area contributed by atoms with Crippen molar-refractivity contribution in [2.75, 3.05) is 0 Å². The van der Waals surface area contributed by atoms with Gasteiger partial charge in [-0.3, -0.25) is 0 Å². The number of rotatable bonds is 4. The van der Waals surface area contributed by atoms with Crippen LogP contribution in [0.5, 0.6) is 0 Å². The van der Waals surface area contributed by atoms with Gasteiger partial charge in [0.1, 0.15) is 0 Å². The van der Waals surface area contributed by atoms with Crippen LogP contribution in [0.25, 0.3) is 35.4 Å². The standard InChI is InChI=1S/C30H24S2/c1-21-17-29-27(19-25(21)15-13-23-9-5-3-6-10-23)28-20-26(22(2)18-30(28)32-31-29)16-14-24-11-7-4-8-12-24/h3-20H,1-2H3. The molecule has 1 heterocycles. The Labute approximate surface area is 198 Å². The topological polar surface area (TPSA) is 0 Å². The summed E-state index contributed by atoms with van der Waals surface area (Å²) in [5.74, 6) is 0. The second-order valence-corrected chi connectivity index (χ2v) is 10.3. The van der Waals surface area contributed by atoms with Gasteiger partial charge in [0.25, 0.3) is 0 Å². The first-order chi connectivity index (χ1) is 15.7. The van der Waals surface area contributed by atoms with Crippen molar-refractivity contribution in [3.05, 3.63) is 118 Å². The van der Waals surface area contributed by atoms with Crippen molar-refractivity contribution < 1.29 is 0 Å². The molecule has 0 fully saturated rings. The van der Waals surface area contributed by atoms with Crippen molar-refractivity contribution in [1.82, 2.24) is 0 Å². The summed E-state index contributed by atoms with van der Waals surface area (Å²) in [5.41, 5.74) is 10.3. The van der Waals surface area contributed by atoms with Crippen LogP contribution in [-0.2, 0) is 0 Å². The average Bonchev–Trinajstić information content (AvgIpc) is 2.83. The highest BCUT2D eigenvalue weighted by Gasteiger charge is 2.20. The maximum absolute atomic E-state index is 2.36. The Bertz CT molecular complexity index is 1210. The highest BCUT2D eigenvalue weighted by atomic mass is 33.1. The van der Waals surface area contributed by atoms with Gasteiger partial charge in [-0.2, -0.15) is 0 Å². The Morgan fingerprint density at radius 3 is 1.31 bits per heavy atom. The second-order valence-electron chi connectivity index (χ2n) is 8.06. The molecule has 1 aliphatic rings. The van der Waals surface area contributed by atoms with Crippen LogP contribution in [0.2, 0.25) is 0 Å². The number of fused-ring (bicyclic) bond motifs is 3. The summed E-state index contributed by atoms with van der Waals surface area (Å²) in [6, 6.07) is 30.4. The van der Waals surface area contributed by atoms with Gasteiger partial charge in [0.15, 0.2) is 0 Å². The van der Waals surface area contributed by atoms with Gasteiger partial charge < -0.3 is 0 Å². The third-order valence-electron chi connectivity index (χ3n) is 5.76. The van der Waals surface area contributed by atoms with Gasteiger partial charge in [0.05, 0.1) is 0 Å². The Balaban J connectivity index is 1.54. The summed E-state index contributed by atoms with van der Waals surface area (Å²) in [6.45, 7) is 4.41. The highest BCUT2D eigenvalue weighted by molar-refractivity contribution is 8.76. The Morgan fingerprint density at radius 2 is 0.906 bits per heavy atom. The van der Waals surface area contributed by atoms with Gasteiger partial charge in [0, 0.05) is 9.79 Å². The molecule has 2 heteroatoms. The predicted octanol–water partition coefficient (Wildman–Crippen LogP) is 9.42. The molecule has 0 N–H and O–H groups in total. The first-order valence-electron chi connectivity index (χ1n) is 10.8. The van der Waals surface area contributed by atoms with E-state index in [2.05, 4.69) is 123 Å². The lowest BCUT2D eigenvalue weighted by Gasteiger charge is -2.21. The molecular formula is C30H24S2. The summed E-state index contributed by atoms with van der Waals surface area (Å²) >= 11 is 0. The first kappa shape index (κ1) is 20.9. The van der Waals surface area contributed by atoms with Crippen LogP contribution in [0.3, 0.4) is 0 Å². The lowest BCUT2D eigenvalue weighted by Crippen LogP contribution is -1.95. The molecule has 1 aliphatic heterocycles. The zero-order chi connectivity index (χ0) is 21.9. The van der Waals surface area contributed by atoms with Crippen molar-refractivity contribution in [1.29, 1.82) is 0 Å². The minimum absolute atomic E-state index is 1.22. The molecule has 0 aromatic heterocycles. The molecule has 0 spiro atoms. The van der Waals surface area contributed by atoms with E-state index < -0.39 is 0 Å². The van der Waals surface area contributed by atoms with E-state index in [0.29, 0.717) is 0 Å². The summed E-state index contributed by atoms with van der Waals surface area (Å²) < 4.78 is 0. The summed E-state index contributed by atoms with van der Waals surface area (Å²) in [4.78, 5) is 2.69. The van der Waals surface area contributed by atoms with Crippen LogP contribution in [0, 0.1) is 13.8 Å². The van der Waals surface area contributed by atoms with Crippen molar-refractivity contribution in [3.63, 3.8) is 0 Å². The molecule has 0 radical (unpaired) electrons. The molecule has 156 valence electrons. The van der Waals surface area contributed by atoms with Crippen molar-refractivity contribution >= 4 is 45.9 Å². The van der Waals surface area contributed by atoms with Crippen molar-refractivity contribution in [2.45, 2.75) is 23.6 Å². The van der Waals surface area contributed by atoms with Gasteiger partial charge in [-0.1, -0.05) is 107 Å². The zero-order valence-electron chi connectivity index (χ0n) is 18.2. The molecule has 32 heavy (non-hydrogen) atoms. The van der Waals surface area contributed by atoms with Gasteiger partial charge in [-0.15, -0.1) is 0 Å². The van der Waals surface area contributed by atoms with Crippen LogP contribution in [0.4, 0.5) is 0 Å². The third-order valence-corrected chi connectivity index (χ3v) is 8.20. The van der Waals surface area contributed by atoms with Crippen LogP contribution in [-0.4, -0.2) is 0 Å². The maximum atomic E-state index is 2.36. The smallest absolute Gasteiger partial charge is 0.0268 e. The lowest BCUT2D eigenvalue weighted by atomic mass is 9.95. The Hall–Kier alpha value is -2.94. The fourth-order valence-corrected chi connectivity index (χ4v) is 6.42. The molecule has 0 unspecified atom stereocenters. The monoisotopic (exact) mass is 448 g/mol. The van der Waals surface area contributed by atoms with Crippen LogP contribution >= 0.6 is 21.6 Å². The second kappa shape index (κ2) is 9.28. The molecule has 0 bridgehead atoms. The summed E-state index contributed by atoms with van der Waals surface area (Å²) in [6.07, 6.45) is 8.87. The van der Waals surface area contributed by atoms with E-state index in [-0.39, 0.29) is 0 Å². The molecule has 0 atom stereocenters. The number of hydrogen-bond donors (Lipinski definition) is 0. The molecule has 5 rings (SSSR count). The van der Waals surface area contributed by atoms with Crippen molar-refractivity contribution in [3.8, 4) is 11.1 Å². The van der Waals surface area contributed by atoms with E-state index in [1.165, 1.54) is 54.3 Å². The Morgan fingerprint density at radius 1 is 0.500 bits per heavy atom. The van der Waals surface area contributed by atoms with E-state index in [0.717, 1.165) is 0 Å². The normalized spacial score (nSPS) is 12.8. The van der Waals surface area contributed by atoms with E-state index in [1.807, 2.05) is 21.6 Å². The molecular weight excluding hydrogens is 424 g/mol. The maximum Gasteiger partial charge on any atom is 0.0268 e. The average molecular weight is 449 g/mol. The fourth-order valence-electron chi connectivity index (χ4n) is 3.90. The van der Waals surface area contributed by atoms with E-state index >= 15 is 0 Å². The largest absolute Gasteiger partial charge is 0.0622 e. The number of benzene rings is 4. The minimum atomic E-state index is 1.22. The third kappa shape index (κ3) is 4.48. The van der Waals surface area contributed by atoms with E-state index in [9.17, 15) is 0 Å². The van der Waals surface area contributed by atoms with Gasteiger partial charge >= 0.3 is 0 Å². The highest BCUT2D eigenvalue weighted by Crippen LogP contribution is 2.52. The summed E-state index contributed by atoms with van der Waals surface area (Å²) in [5, 5.41) is 0. The molecule has 0 nitrogen and oxygen atoms in total. The van der Waals surface area contributed by atoms with Crippen LogP contribution in [0.15, 0.2) is 94.7 Å². The first-order valence-corrected chi connectivity index (χ1v) is 12.9. The minimum Gasteiger partial charge on any atom is -0.0622 e. The molecule has 4 aromatic carbocycles.